The van der Waals surface area contributed by atoms with Gasteiger partial charge in [0.25, 0.3) is 0 Å². The number of H-pyrrole nitrogens is 1. The van der Waals surface area contributed by atoms with Crippen LogP contribution in [0.1, 0.15) is 62.3 Å². The van der Waals surface area contributed by atoms with E-state index in [4.69, 9.17) is 0 Å². The number of aromatic nitrogens is 1. The second-order valence-electron chi connectivity index (χ2n) is 10.3. The van der Waals surface area contributed by atoms with Crippen LogP contribution < -0.4 is 10.6 Å². The molecule has 3 aliphatic rings. The lowest BCUT2D eigenvalue weighted by Gasteiger charge is -2.36. The Labute approximate surface area is 210 Å². The van der Waals surface area contributed by atoms with Gasteiger partial charge in [-0.3, -0.25) is 0 Å². The standard InChI is InChI=1S/C32H39N3/c1-6-25-14-16-28(17-15-25)32(18-19-32)34(5)23(3)29(7-2)27-12-10-20-35(22-27)24(4)31-21-26-11-8-9-13-30(26)33-31/h7,11,13-17,21,33H,2-4,6,8-10,12,18-20,22H2,1,5H3/b29-27-. The average Bonchev–Trinajstić information content (AvgIpc) is 3.60. The molecule has 35 heavy (non-hydrogen) atoms. The highest BCUT2D eigenvalue weighted by Crippen LogP contribution is 2.52. The molecule has 3 nitrogen and oxygen atoms in total. The Kier molecular flexibility index (Phi) is 6.35. The van der Waals surface area contributed by atoms with Crippen LogP contribution in [-0.4, -0.2) is 34.9 Å². The maximum Gasteiger partial charge on any atom is 0.0652 e. The Bertz CT molecular complexity index is 1260. The molecule has 0 unspecified atom stereocenters. The quantitative estimate of drug-likeness (QED) is 0.547. The van der Waals surface area contributed by atoms with Gasteiger partial charge in [0.05, 0.1) is 16.9 Å². The lowest BCUT2D eigenvalue weighted by Crippen LogP contribution is -2.34. The number of aryl methyl sites for hydroxylation is 1. The zero-order valence-electron chi connectivity index (χ0n) is 21.5. The van der Waals surface area contributed by atoms with Gasteiger partial charge in [-0.15, -0.1) is 0 Å². The van der Waals surface area contributed by atoms with E-state index in [2.05, 4.69) is 91.0 Å². The monoisotopic (exact) mass is 465 g/mol. The third-order valence-corrected chi connectivity index (χ3v) is 8.31. The highest BCUT2D eigenvalue weighted by atomic mass is 15.2. The number of hydrogen-bond donors (Lipinski definition) is 1. The van der Waals surface area contributed by atoms with Crippen molar-refractivity contribution in [1.29, 1.82) is 0 Å². The molecule has 2 fully saturated rings. The van der Waals surface area contributed by atoms with E-state index in [0.717, 1.165) is 62.3 Å². The number of fused-ring (bicyclic) bond motifs is 1. The molecule has 1 N–H and O–H groups in total. The molecule has 0 amide bonds. The molecule has 1 aliphatic heterocycles. The highest BCUT2D eigenvalue weighted by molar-refractivity contribution is 5.61. The van der Waals surface area contributed by atoms with Gasteiger partial charge in [-0.2, -0.15) is 0 Å². The first-order valence-corrected chi connectivity index (χ1v) is 13.2. The molecule has 0 radical (unpaired) electrons. The number of likely N-dealkylation sites (tertiary alicyclic amines) is 1. The molecule has 2 heterocycles. The van der Waals surface area contributed by atoms with Crippen LogP contribution in [0.2, 0.25) is 0 Å². The van der Waals surface area contributed by atoms with Crippen LogP contribution in [0.3, 0.4) is 0 Å². The molecule has 1 aromatic carbocycles. The fraction of sp³-hybridized carbons (Fsp3) is 0.375. The van der Waals surface area contributed by atoms with Gasteiger partial charge in [0.2, 0.25) is 0 Å². The number of nitrogens with zero attached hydrogens (tertiary/aromatic N) is 2. The number of aromatic amines is 1. The number of nitrogens with one attached hydrogen (secondary N) is 1. The summed E-state index contributed by atoms with van der Waals surface area (Å²) in [6.45, 7) is 17.4. The summed E-state index contributed by atoms with van der Waals surface area (Å²) in [7, 11) is 2.21. The first kappa shape index (κ1) is 23.5. The van der Waals surface area contributed by atoms with Gasteiger partial charge in [-0.05, 0) is 78.5 Å². The summed E-state index contributed by atoms with van der Waals surface area (Å²) in [6, 6.07) is 11.4. The zero-order valence-corrected chi connectivity index (χ0v) is 21.5. The molecule has 1 saturated heterocycles. The minimum atomic E-state index is 0.0620. The maximum absolute atomic E-state index is 4.58. The first-order valence-electron chi connectivity index (χ1n) is 13.2. The van der Waals surface area contributed by atoms with Gasteiger partial charge in [-0.25, -0.2) is 0 Å². The van der Waals surface area contributed by atoms with Crippen molar-refractivity contribution < 1.29 is 0 Å². The Balaban J connectivity index is 1.37. The second kappa shape index (κ2) is 9.45. The molecule has 182 valence electrons. The van der Waals surface area contributed by atoms with Gasteiger partial charge in [-0.1, -0.05) is 69.2 Å². The Morgan fingerprint density at radius 1 is 1.14 bits per heavy atom. The lowest BCUT2D eigenvalue weighted by molar-refractivity contribution is 0.291. The van der Waals surface area contributed by atoms with E-state index >= 15 is 0 Å². The summed E-state index contributed by atoms with van der Waals surface area (Å²) in [6.07, 6.45) is 14.5. The summed E-state index contributed by atoms with van der Waals surface area (Å²) >= 11 is 0. The Hall–Kier alpha value is -3.20. The second-order valence-corrected chi connectivity index (χ2v) is 10.3. The van der Waals surface area contributed by atoms with Crippen molar-refractivity contribution in [3.63, 3.8) is 0 Å². The van der Waals surface area contributed by atoms with Gasteiger partial charge in [0.1, 0.15) is 0 Å². The zero-order chi connectivity index (χ0) is 24.6. The maximum atomic E-state index is 4.58. The fourth-order valence-corrected chi connectivity index (χ4v) is 5.83. The minimum Gasteiger partial charge on any atom is -0.366 e. The molecular formula is C32H39N3. The number of rotatable bonds is 8. The van der Waals surface area contributed by atoms with Crippen molar-refractivity contribution >= 4 is 17.8 Å². The topological polar surface area (TPSA) is 22.3 Å². The van der Waals surface area contributed by atoms with E-state index < -0.39 is 0 Å². The van der Waals surface area contributed by atoms with Crippen LogP contribution in [0.25, 0.3) is 17.8 Å². The summed E-state index contributed by atoms with van der Waals surface area (Å²) < 4.78 is 0. The van der Waals surface area contributed by atoms with E-state index in [1.807, 2.05) is 6.08 Å². The van der Waals surface area contributed by atoms with Crippen LogP contribution in [0.5, 0.6) is 0 Å². The third-order valence-electron chi connectivity index (χ3n) is 8.31. The van der Waals surface area contributed by atoms with E-state index in [9.17, 15) is 0 Å². The van der Waals surface area contributed by atoms with E-state index in [1.165, 1.54) is 45.7 Å². The molecule has 0 atom stereocenters. The fourth-order valence-electron chi connectivity index (χ4n) is 5.83. The van der Waals surface area contributed by atoms with Crippen molar-refractivity contribution in [2.24, 2.45) is 0 Å². The third kappa shape index (κ3) is 4.33. The average molecular weight is 466 g/mol. The largest absolute Gasteiger partial charge is 0.366 e. The minimum absolute atomic E-state index is 0.0620. The van der Waals surface area contributed by atoms with Gasteiger partial charge in [0.15, 0.2) is 0 Å². The van der Waals surface area contributed by atoms with Crippen LogP contribution in [0.4, 0.5) is 0 Å². The molecule has 2 aliphatic carbocycles. The van der Waals surface area contributed by atoms with Gasteiger partial charge >= 0.3 is 0 Å². The van der Waals surface area contributed by atoms with Crippen molar-refractivity contribution in [2.45, 2.75) is 57.4 Å². The normalized spacial score (nSPS) is 19.7. The number of benzene rings is 1. The van der Waals surface area contributed by atoms with Crippen molar-refractivity contribution in [3.05, 3.63) is 100 Å². The summed E-state index contributed by atoms with van der Waals surface area (Å²) in [5, 5.41) is 2.55. The van der Waals surface area contributed by atoms with E-state index in [-0.39, 0.29) is 5.54 Å². The highest BCUT2D eigenvalue weighted by Gasteiger charge is 2.48. The lowest BCUT2D eigenvalue weighted by atomic mass is 9.94. The molecule has 3 heteroatoms. The van der Waals surface area contributed by atoms with Crippen molar-refractivity contribution in [3.8, 4) is 0 Å². The SMILES string of the molecule is C=C/C(C(=C)N(C)C1(c2ccc(CC)cc2)CC1)=C1\CCCN(C(=C)c2cc3c([nH]2)=CCCC=3)C1. The van der Waals surface area contributed by atoms with Crippen LogP contribution in [-0.2, 0) is 12.0 Å². The van der Waals surface area contributed by atoms with Crippen LogP contribution in [0, 0.1) is 0 Å². The van der Waals surface area contributed by atoms with Crippen molar-refractivity contribution in [1.82, 2.24) is 14.8 Å². The number of piperidine rings is 1. The van der Waals surface area contributed by atoms with Crippen LogP contribution in [0.15, 0.2) is 73.0 Å². The molecule has 5 rings (SSSR count). The predicted molar refractivity (Wildman–Crippen MR) is 149 cm³/mol. The van der Waals surface area contributed by atoms with Gasteiger partial charge < -0.3 is 14.8 Å². The Morgan fingerprint density at radius 3 is 2.54 bits per heavy atom. The number of hydrogen-bond acceptors (Lipinski definition) is 2. The smallest absolute Gasteiger partial charge is 0.0652 e. The molecule has 2 aromatic rings. The summed E-state index contributed by atoms with van der Waals surface area (Å²) in [5.74, 6) is 0. The summed E-state index contributed by atoms with van der Waals surface area (Å²) in [4.78, 5) is 8.43. The summed E-state index contributed by atoms with van der Waals surface area (Å²) in [5.41, 5.74) is 8.76. The molecule has 1 saturated carbocycles. The molecule has 0 spiro atoms. The van der Waals surface area contributed by atoms with E-state index in [0.29, 0.717) is 0 Å². The molecule has 0 bridgehead atoms. The predicted octanol–water partition coefficient (Wildman–Crippen LogP) is 5.62. The van der Waals surface area contributed by atoms with E-state index in [1.54, 1.807) is 0 Å². The van der Waals surface area contributed by atoms with Crippen LogP contribution >= 0.6 is 0 Å². The Morgan fingerprint density at radius 2 is 1.89 bits per heavy atom. The number of allylic oxidation sites excluding steroid dienone is 1. The molecule has 1 aromatic heterocycles. The number of likely N-dealkylation sites (N-methyl/N-ethyl adjacent to an activating group) is 1. The first-order chi connectivity index (χ1) is 17.0. The molecular weight excluding hydrogens is 426 g/mol. The van der Waals surface area contributed by atoms with Gasteiger partial charge in [0, 0.05) is 31.2 Å². The van der Waals surface area contributed by atoms with Crippen molar-refractivity contribution in [2.75, 3.05) is 20.1 Å².